The van der Waals surface area contributed by atoms with Crippen LogP contribution in [0.25, 0.3) is 0 Å². The molecule has 0 aliphatic carbocycles. The topological polar surface area (TPSA) is 84.1 Å². The molecule has 1 aromatic carbocycles. The quantitative estimate of drug-likeness (QED) is 0.853. The van der Waals surface area contributed by atoms with Crippen molar-refractivity contribution in [2.45, 2.75) is 25.3 Å². The Bertz CT molecular complexity index is 728. The van der Waals surface area contributed by atoms with Gasteiger partial charge < -0.3 is 9.72 Å². The minimum absolute atomic E-state index is 0.00164. The number of ether oxygens (including phenoxy) is 1. The predicted octanol–water partition coefficient (Wildman–Crippen LogP) is 2.83. The Kier molecular flexibility index (Phi) is 4.74. The molecule has 0 spiro atoms. The number of sulfonamides is 1. The molecule has 2 aromatic rings. The zero-order chi connectivity index (χ0) is 15.5. The molecule has 6 nitrogen and oxygen atoms in total. The minimum Gasteiger partial charge on any atom is -0.492 e. The molecule has 1 aromatic heterocycles. The first kappa shape index (κ1) is 15.7. The van der Waals surface area contributed by atoms with Crippen LogP contribution in [0.5, 0.6) is 5.75 Å². The lowest BCUT2D eigenvalue weighted by atomic mass is 10.3. The number of halogens is 1. The van der Waals surface area contributed by atoms with Gasteiger partial charge in [0.25, 0.3) is 10.0 Å². The van der Waals surface area contributed by atoms with Gasteiger partial charge in [-0.1, -0.05) is 18.5 Å². The van der Waals surface area contributed by atoms with Gasteiger partial charge in [0.15, 0.2) is 5.03 Å². The average Bonchev–Trinajstić information content (AvgIpc) is 2.91. The highest BCUT2D eigenvalue weighted by molar-refractivity contribution is 7.92. The summed E-state index contributed by atoms with van der Waals surface area (Å²) in [5.41, 5.74) is 0.289. The molecular formula is C13H16ClN3O3S. The Morgan fingerprint density at radius 1 is 1.38 bits per heavy atom. The van der Waals surface area contributed by atoms with Gasteiger partial charge >= 0.3 is 0 Å². The Morgan fingerprint density at radius 3 is 2.76 bits per heavy atom. The van der Waals surface area contributed by atoms with E-state index in [2.05, 4.69) is 14.7 Å². The first-order valence-electron chi connectivity index (χ1n) is 6.45. The van der Waals surface area contributed by atoms with Crippen molar-refractivity contribution in [2.75, 3.05) is 11.3 Å². The lowest BCUT2D eigenvalue weighted by Gasteiger charge is -2.12. The molecular weight excluding hydrogens is 314 g/mol. The highest BCUT2D eigenvalue weighted by Crippen LogP contribution is 2.29. The number of aromatic nitrogens is 2. The Balaban J connectivity index is 2.33. The molecule has 0 saturated heterocycles. The molecule has 0 bridgehead atoms. The van der Waals surface area contributed by atoms with Crippen molar-refractivity contribution in [1.82, 2.24) is 9.97 Å². The largest absolute Gasteiger partial charge is 0.492 e. The number of hydrogen-bond acceptors (Lipinski definition) is 4. The van der Waals surface area contributed by atoms with Gasteiger partial charge in [0.1, 0.15) is 11.6 Å². The van der Waals surface area contributed by atoms with Gasteiger partial charge in [0, 0.05) is 11.4 Å². The number of benzene rings is 1. The number of rotatable bonds is 6. The maximum Gasteiger partial charge on any atom is 0.279 e. The number of aryl methyl sites for hydroxylation is 1. The van der Waals surface area contributed by atoms with Crippen LogP contribution in [0.3, 0.4) is 0 Å². The summed E-state index contributed by atoms with van der Waals surface area (Å²) >= 11 is 5.91. The van der Waals surface area contributed by atoms with E-state index in [1.54, 1.807) is 12.1 Å². The maximum atomic E-state index is 12.3. The van der Waals surface area contributed by atoms with Crippen LogP contribution in [0.1, 0.15) is 19.7 Å². The van der Waals surface area contributed by atoms with E-state index in [1.807, 2.05) is 13.8 Å². The lowest BCUT2D eigenvalue weighted by Crippen LogP contribution is -2.14. The smallest absolute Gasteiger partial charge is 0.279 e. The predicted molar refractivity (Wildman–Crippen MR) is 81.4 cm³/mol. The number of H-pyrrole nitrogens is 1. The minimum atomic E-state index is -3.77. The van der Waals surface area contributed by atoms with Crippen LogP contribution >= 0.6 is 11.6 Å². The molecule has 0 aliphatic rings. The summed E-state index contributed by atoms with van der Waals surface area (Å²) in [4.78, 5) is 6.74. The van der Waals surface area contributed by atoms with Gasteiger partial charge in [-0.15, -0.1) is 0 Å². The normalized spacial score (nSPS) is 11.4. The van der Waals surface area contributed by atoms with E-state index in [4.69, 9.17) is 16.3 Å². The molecule has 2 N–H and O–H groups in total. The summed E-state index contributed by atoms with van der Waals surface area (Å²) in [6.07, 6.45) is 1.91. The van der Waals surface area contributed by atoms with Crippen LogP contribution in [-0.2, 0) is 16.4 Å². The number of anilines is 1. The van der Waals surface area contributed by atoms with E-state index in [1.165, 1.54) is 12.3 Å². The maximum absolute atomic E-state index is 12.3. The van der Waals surface area contributed by atoms with E-state index in [9.17, 15) is 8.42 Å². The molecule has 1 heterocycles. The van der Waals surface area contributed by atoms with E-state index in [0.29, 0.717) is 29.6 Å². The van der Waals surface area contributed by atoms with Gasteiger partial charge in [-0.05, 0) is 25.1 Å². The van der Waals surface area contributed by atoms with Crippen LogP contribution in [0.4, 0.5) is 5.69 Å². The Labute approximate surface area is 128 Å². The summed E-state index contributed by atoms with van der Waals surface area (Å²) in [6, 6.07) is 4.76. The summed E-state index contributed by atoms with van der Waals surface area (Å²) in [7, 11) is -3.77. The molecule has 0 fully saturated rings. The molecule has 0 radical (unpaired) electrons. The average molecular weight is 330 g/mol. The third-order valence-electron chi connectivity index (χ3n) is 2.72. The van der Waals surface area contributed by atoms with E-state index >= 15 is 0 Å². The molecule has 2 rings (SSSR count). The van der Waals surface area contributed by atoms with Crippen LogP contribution in [0, 0.1) is 0 Å². The lowest BCUT2D eigenvalue weighted by molar-refractivity contribution is 0.342. The SMILES string of the molecule is CCOc1ccc(Cl)cc1NS(=O)(=O)c1cnc(CC)[nH]1. The highest BCUT2D eigenvalue weighted by atomic mass is 35.5. The van der Waals surface area contributed by atoms with Gasteiger partial charge in [-0.25, -0.2) is 4.98 Å². The number of imidazole rings is 1. The van der Waals surface area contributed by atoms with Crippen molar-refractivity contribution < 1.29 is 13.2 Å². The molecule has 0 aliphatic heterocycles. The van der Waals surface area contributed by atoms with Crippen LogP contribution in [0.2, 0.25) is 5.02 Å². The van der Waals surface area contributed by atoms with Crippen molar-refractivity contribution in [3.05, 3.63) is 35.2 Å². The fourth-order valence-electron chi connectivity index (χ4n) is 1.72. The van der Waals surface area contributed by atoms with Crippen LogP contribution < -0.4 is 9.46 Å². The van der Waals surface area contributed by atoms with Gasteiger partial charge in [0.05, 0.1) is 18.5 Å². The third-order valence-corrected chi connectivity index (χ3v) is 4.23. The first-order valence-corrected chi connectivity index (χ1v) is 8.31. The van der Waals surface area contributed by atoms with Crippen molar-refractivity contribution in [3.8, 4) is 5.75 Å². The van der Waals surface area contributed by atoms with Gasteiger partial charge in [-0.3, -0.25) is 4.72 Å². The van der Waals surface area contributed by atoms with Crippen molar-refractivity contribution in [1.29, 1.82) is 0 Å². The zero-order valence-corrected chi connectivity index (χ0v) is 13.3. The second-order valence-corrected chi connectivity index (χ2v) is 6.31. The van der Waals surface area contributed by atoms with Gasteiger partial charge in [-0.2, -0.15) is 8.42 Å². The van der Waals surface area contributed by atoms with Crippen molar-refractivity contribution in [2.24, 2.45) is 0 Å². The zero-order valence-electron chi connectivity index (χ0n) is 11.7. The number of hydrogen-bond donors (Lipinski definition) is 2. The Morgan fingerprint density at radius 2 is 2.14 bits per heavy atom. The number of aromatic amines is 1. The monoisotopic (exact) mass is 329 g/mol. The van der Waals surface area contributed by atoms with Gasteiger partial charge in [0.2, 0.25) is 0 Å². The van der Waals surface area contributed by atoms with Crippen LogP contribution in [0.15, 0.2) is 29.4 Å². The third kappa shape index (κ3) is 3.68. The molecule has 0 atom stereocenters. The standard InChI is InChI=1S/C13H16ClN3O3S/c1-3-12-15-8-13(16-12)21(18,19)17-10-7-9(14)5-6-11(10)20-4-2/h5-8,17H,3-4H2,1-2H3,(H,15,16). The number of nitrogens with one attached hydrogen (secondary N) is 2. The van der Waals surface area contributed by atoms with Crippen molar-refractivity contribution in [3.63, 3.8) is 0 Å². The summed E-state index contributed by atoms with van der Waals surface area (Å²) in [5.74, 6) is 1.02. The molecule has 0 saturated carbocycles. The fraction of sp³-hybridized carbons (Fsp3) is 0.308. The highest BCUT2D eigenvalue weighted by Gasteiger charge is 2.19. The Hall–Kier alpha value is -1.73. The molecule has 8 heteroatoms. The van der Waals surface area contributed by atoms with E-state index < -0.39 is 10.0 Å². The summed E-state index contributed by atoms with van der Waals surface area (Å²) < 4.78 is 32.5. The van der Waals surface area contributed by atoms with E-state index in [-0.39, 0.29) is 10.7 Å². The summed E-state index contributed by atoms with van der Waals surface area (Å²) in [6.45, 7) is 4.11. The first-order chi connectivity index (χ1) is 9.96. The van der Waals surface area contributed by atoms with E-state index in [0.717, 1.165) is 0 Å². The number of nitrogens with zero attached hydrogens (tertiary/aromatic N) is 1. The van der Waals surface area contributed by atoms with Crippen molar-refractivity contribution >= 4 is 27.3 Å². The van der Waals surface area contributed by atoms with Crippen LogP contribution in [-0.4, -0.2) is 25.0 Å². The second-order valence-electron chi connectivity index (χ2n) is 4.23. The fourth-order valence-corrected chi connectivity index (χ4v) is 2.90. The molecule has 21 heavy (non-hydrogen) atoms. The summed E-state index contributed by atoms with van der Waals surface area (Å²) in [5, 5.41) is 0.414. The molecule has 0 amide bonds. The molecule has 0 unspecified atom stereocenters. The second kappa shape index (κ2) is 6.36. The molecule has 114 valence electrons.